The molecule has 1 aromatic carbocycles. The third-order valence-electron chi connectivity index (χ3n) is 1.54. The maximum absolute atomic E-state index is 5.88. The molecular formula is C8H7ClS3. The molecule has 0 amide bonds. The number of fused-ring (bicyclic) bond motifs is 1. The largest absolute Gasteiger partial charge is 0.139 e. The van der Waals surface area contributed by atoms with Crippen molar-refractivity contribution in [2.45, 2.75) is 13.7 Å². The first-order valence-electron chi connectivity index (χ1n) is 3.45. The second-order valence-corrected chi connectivity index (χ2v) is 6.92. The van der Waals surface area contributed by atoms with Gasteiger partial charge in [0.1, 0.15) is 3.91 Å². The lowest BCUT2D eigenvalue weighted by Gasteiger charge is -1.99. The fourth-order valence-corrected chi connectivity index (χ4v) is 4.85. The fourth-order valence-electron chi connectivity index (χ4n) is 0.999. The molecule has 0 aliphatic carbocycles. The van der Waals surface area contributed by atoms with Crippen LogP contribution in [0.5, 0.6) is 0 Å². The molecule has 0 N–H and O–H groups in total. The lowest BCUT2D eigenvalue weighted by Crippen LogP contribution is -1.77. The Balaban J connectivity index is 2.30. The highest BCUT2D eigenvalue weighted by Crippen LogP contribution is 2.52. The molecule has 2 rings (SSSR count). The van der Waals surface area contributed by atoms with E-state index in [0.29, 0.717) is 3.91 Å². The van der Waals surface area contributed by atoms with E-state index in [0.717, 1.165) is 5.02 Å². The Morgan fingerprint density at radius 1 is 1.33 bits per heavy atom. The van der Waals surface area contributed by atoms with Crippen LogP contribution in [0.4, 0.5) is 0 Å². The van der Waals surface area contributed by atoms with Gasteiger partial charge in [-0.2, -0.15) is 0 Å². The van der Waals surface area contributed by atoms with Crippen molar-refractivity contribution in [3.63, 3.8) is 0 Å². The highest BCUT2D eigenvalue weighted by molar-refractivity contribution is 8.33. The molecule has 0 nitrogen and oxygen atoms in total. The van der Waals surface area contributed by atoms with Crippen LogP contribution in [-0.4, -0.2) is 10.2 Å². The van der Waals surface area contributed by atoms with E-state index in [-0.39, 0.29) is 0 Å². The Hall–Kier alpha value is 0.560. The zero-order chi connectivity index (χ0) is 8.55. The normalized spacial score (nSPS) is 21.0. The Bertz CT molecular complexity index is 300. The predicted molar refractivity (Wildman–Crippen MR) is 60.5 cm³/mol. The summed E-state index contributed by atoms with van der Waals surface area (Å²) in [6.45, 7) is 0. The first-order valence-corrected chi connectivity index (χ1v) is 6.88. The maximum atomic E-state index is 5.88. The molecule has 1 aliphatic rings. The number of halogens is 1. The highest BCUT2D eigenvalue weighted by atomic mass is 35.5. The summed E-state index contributed by atoms with van der Waals surface area (Å²) in [7, 11) is 0. The second-order valence-electron chi connectivity index (χ2n) is 2.35. The molecule has 0 aromatic heterocycles. The van der Waals surface area contributed by atoms with E-state index in [1.54, 1.807) is 0 Å². The third kappa shape index (κ3) is 1.74. The summed E-state index contributed by atoms with van der Waals surface area (Å²) in [5, 5.41) is 0.837. The lowest BCUT2D eigenvalue weighted by atomic mass is 10.4. The van der Waals surface area contributed by atoms with Crippen molar-refractivity contribution in [3.05, 3.63) is 23.2 Å². The molecule has 0 fully saturated rings. The summed E-state index contributed by atoms with van der Waals surface area (Å²) in [4.78, 5) is 2.69. The Kier molecular flexibility index (Phi) is 2.85. The van der Waals surface area contributed by atoms with Crippen molar-refractivity contribution in [2.24, 2.45) is 0 Å². The van der Waals surface area contributed by atoms with Crippen molar-refractivity contribution in [3.8, 4) is 0 Å². The van der Waals surface area contributed by atoms with Gasteiger partial charge in [-0.25, -0.2) is 0 Å². The molecule has 0 saturated carbocycles. The van der Waals surface area contributed by atoms with Crippen molar-refractivity contribution >= 4 is 46.9 Å². The van der Waals surface area contributed by atoms with E-state index < -0.39 is 0 Å². The van der Waals surface area contributed by atoms with Crippen LogP contribution in [0.25, 0.3) is 0 Å². The van der Waals surface area contributed by atoms with Gasteiger partial charge in [-0.1, -0.05) is 35.1 Å². The van der Waals surface area contributed by atoms with E-state index in [1.165, 1.54) is 9.79 Å². The summed E-state index contributed by atoms with van der Waals surface area (Å²) in [5.74, 6) is 0. The smallest absolute Gasteiger partial charge is 0.105 e. The van der Waals surface area contributed by atoms with Gasteiger partial charge in [0.05, 0.1) is 0 Å². The average Bonchev–Trinajstić information content (AvgIpc) is 2.46. The molecule has 64 valence electrons. The van der Waals surface area contributed by atoms with E-state index in [4.69, 9.17) is 11.6 Å². The van der Waals surface area contributed by atoms with Gasteiger partial charge in [-0.3, -0.25) is 0 Å². The summed E-state index contributed by atoms with van der Waals surface area (Å²) in [6, 6.07) is 6.10. The standard InChI is InChI=1S/C8H7ClS3/c1-10-8-11-6-3-2-5(9)4-7(6)12-8/h2-4,8H,1H3. The van der Waals surface area contributed by atoms with Gasteiger partial charge in [0.25, 0.3) is 0 Å². The topological polar surface area (TPSA) is 0 Å². The molecule has 0 spiro atoms. The summed E-state index contributed by atoms with van der Waals surface area (Å²) < 4.78 is 0.610. The van der Waals surface area contributed by atoms with Crippen LogP contribution in [0, 0.1) is 0 Å². The van der Waals surface area contributed by atoms with Crippen LogP contribution in [0.15, 0.2) is 28.0 Å². The molecule has 4 heteroatoms. The van der Waals surface area contributed by atoms with Crippen LogP contribution < -0.4 is 0 Å². The van der Waals surface area contributed by atoms with E-state index >= 15 is 0 Å². The van der Waals surface area contributed by atoms with Crippen molar-refractivity contribution < 1.29 is 0 Å². The number of rotatable bonds is 1. The predicted octanol–water partition coefficient (Wildman–Crippen LogP) is 4.18. The molecule has 1 atom stereocenters. The van der Waals surface area contributed by atoms with Gasteiger partial charge in [0.15, 0.2) is 0 Å². The number of benzene rings is 1. The molecule has 0 saturated heterocycles. The van der Waals surface area contributed by atoms with Crippen LogP contribution in [0.1, 0.15) is 0 Å². The monoisotopic (exact) mass is 234 g/mol. The van der Waals surface area contributed by atoms with Crippen LogP contribution in [0.3, 0.4) is 0 Å². The Morgan fingerprint density at radius 2 is 2.08 bits per heavy atom. The van der Waals surface area contributed by atoms with Crippen molar-refractivity contribution in [1.82, 2.24) is 0 Å². The first-order chi connectivity index (χ1) is 5.79. The van der Waals surface area contributed by atoms with Gasteiger partial charge in [0, 0.05) is 14.8 Å². The SMILES string of the molecule is CSC1Sc2ccc(Cl)cc2S1. The number of thioether (sulfide) groups is 3. The maximum Gasteiger partial charge on any atom is 0.105 e. The Morgan fingerprint density at radius 3 is 2.83 bits per heavy atom. The van der Waals surface area contributed by atoms with E-state index in [9.17, 15) is 0 Å². The van der Waals surface area contributed by atoms with Gasteiger partial charge < -0.3 is 0 Å². The van der Waals surface area contributed by atoms with Crippen molar-refractivity contribution in [2.75, 3.05) is 6.26 Å². The van der Waals surface area contributed by atoms with Gasteiger partial charge in [-0.15, -0.1) is 11.8 Å². The van der Waals surface area contributed by atoms with E-state index in [1.807, 2.05) is 47.4 Å². The van der Waals surface area contributed by atoms with Gasteiger partial charge >= 0.3 is 0 Å². The minimum absolute atomic E-state index is 0.610. The van der Waals surface area contributed by atoms with Gasteiger partial charge in [0.2, 0.25) is 0 Å². The number of hydrogen-bond donors (Lipinski definition) is 0. The van der Waals surface area contributed by atoms with Crippen molar-refractivity contribution in [1.29, 1.82) is 0 Å². The van der Waals surface area contributed by atoms with Crippen LogP contribution in [-0.2, 0) is 0 Å². The number of hydrogen-bond acceptors (Lipinski definition) is 3. The highest BCUT2D eigenvalue weighted by Gasteiger charge is 2.21. The third-order valence-corrected chi connectivity index (χ3v) is 6.19. The average molecular weight is 235 g/mol. The molecule has 0 radical (unpaired) electrons. The summed E-state index contributed by atoms with van der Waals surface area (Å²) in [6.07, 6.45) is 2.14. The minimum Gasteiger partial charge on any atom is -0.139 e. The van der Waals surface area contributed by atoms with Crippen LogP contribution >= 0.6 is 46.9 Å². The first kappa shape index (κ1) is 9.13. The molecule has 12 heavy (non-hydrogen) atoms. The fraction of sp³-hybridized carbons (Fsp3) is 0.250. The lowest BCUT2D eigenvalue weighted by molar-refractivity contribution is 1.27. The molecular weight excluding hydrogens is 228 g/mol. The zero-order valence-electron chi connectivity index (χ0n) is 6.41. The molecule has 1 heterocycles. The molecule has 0 bridgehead atoms. The minimum atomic E-state index is 0.610. The van der Waals surface area contributed by atoms with E-state index in [2.05, 4.69) is 12.3 Å². The summed E-state index contributed by atoms with van der Waals surface area (Å²) >= 11 is 11.6. The Labute approximate surface area is 89.8 Å². The molecule has 1 unspecified atom stereocenters. The summed E-state index contributed by atoms with van der Waals surface area (Å²) in [5.41, 5.74) is 0. The molecule has 1 aliphatic heterocycles. The van der Waals surface area contributed by atoms with Crippen LogP contribution in [0.2, 0.25) is 5.02 Å². The molecule has 1 aromatic rings. The zero-order valence-corrected chi connectivity index (χ0v) is 9.62. The second kappa shape index (κ2) is 3.74. The quantitative estimate of drug-likeness (QED) is 0.716. The van der Waals surface area contributed by atoms with Gasteiger partial charge in [-0.05, 0) is 24.5 Å².